The Morgan fingerprint density at radius 1 is 1.05 bits per heavy atom. The third-order valence-electron chi connectivity index (χ3n) is 2.37. The number of aromatic hydroxyl groups is 1. The fourth-order valence-corrected chi connectivity index (χ4v) is 1.29. The Kier molecular flexibility index (Phi) is 6.97. The van der Waals surface area contributed by atoms with Crippen molar-refractivity contribution in [3.63, 3.8) is 0 Å². The minimum Gasteiger partial charge on any atom is -0.508 e. The molecule has 114 valence electrons. The Hall–Kier alpha value is -2.34. The molecule has 0 heterocycles. The lowest BCUT2D eigenvalue weighted by molar-refractivity contribution is -0.140. The van der Waals surface area contributed by atoms with E-state index < -0.39 is 11.9 Å². The zero-order chi connectivity index (χ0) is 15.7. The summed E-state index contributed by atoms with van der Waals surface area (Å²) in [6.45, 7) is 5.64. The second kappa shape index (κ2) is 8.76. The maximum Gasteiger partial charge on any atom is 0.338 e. The van der Waals surface area contributed by atoms with Gasteiger partial charge in [-0.1, -0.05) is 6.58 Å². The first-order valence-electron chi connectivity index (χ1n) is 6.37. The molecule has 6 heteroatoms. The van der Waals surface area contributed by atoms with Crippen LogP contribution in [0.3, 0.4) is 0 Å². The molecule has 0 aliphatic rings. The number of hydrogen-bond donors (Lipinski definition) is 1. The lowest BCUT2D eigenvalue weighted by atomic mass is 10.2. The normalized spacial score (nSPS) is 9.95. The van der Waals surface area contributed by atoms with Gasteiger partial charge in [-0.05, 0) is 31.2 Å². The van der Waals surface area contributed by atoms with Crippen LogP contribution < -0.4 is 0 Å². The molecule has 0 aromatic heterocycles. The summed E-state index contributed by atoms with van der Waals surface area (Å²) in [7, 11) is 0. The van der Waals surface area contributed by atoms with E-state index in [1.165, 1.54) is 24.3 Å². The lowest BCUT2D eigenvalue weighted by Crippen LogP contribution is -2.14. The number of esters is 2. The molecule has 1 N–H and O–H groups in total. The highest BCUT2D eigenvalue weighted by Gasteiger charge is 2.06. The molecular weight excluding hydrogens is 276 g/mol. The van der Waals surface area contributed by atoms with Gasteiger partial charge in [-0.25, -0.2) is 9.59 Å². The molecule has 0 aliphatic carbocycles. The van der Waals surface area contributed by atoms with Crippen molar-refractivity contribution >= 4 is 11.9 Å². The highest BCUT2D eigenvalue weighted by Crippen LogP contribution is 2.10. The van der Waals surface area contributed by atoms with Crippen molar-refractivity contribution in [2.75, 3.05) is 26.4 Å². The molecule has 21 heavy (non-hydrogen) atoms. The van der Waals surface area contributed by atoms with Crippen LogP contribution in [0.5, 0.6) is 5.75 Å². The lowest BCUT2D eigenvalue weighted by Gasteiger charge is -2.07. The second-order valence-corrected chi connectivity index (χ2v) is 4.21. The summed E-state index contributed by atoms with van der Waals surface area (Å²) >= 11 is 0. The van der Waals surface area contributed by atoms with Gasteiger partial charge in [0.25, 0.3) is 0 Å². The molecule has 0 saturated carbocycles. The van der Waals surface area contributed by atoms with Crippen LogP contribution in [-0.2, 0) is 19.0 Å². The highest BCUT2D eigenvalue weighted by molar-refractivity contribution is 5.89. The molecule has 0 amide bonds. The predicted octanol–water partition coefficient (Wildman–Crippen LogP) is 1.68. The van der Waals surface area contributed by atoms with Crippen LogP contribution in [0.4, 0.5) is 0 Å². The fraction of sp³-hybridized carbons (Fsp3) is 0.333. The zero-order valence-corrected chi connectivity index (χ0v) is 11.8. The van der Waals surface area contributed by atoms with E-state index in [0.717, 1.165) is 0 Å². The van der Waals surface area contributed by atoms with Crippen molar-refractivity contribution in [3.8, 4) is 5.75 Å². The summed E-state index contributed by atoms with van der Waals surface area (Å²) in [6.07, 6.45) is 0. The Bertz CT molecular complexity index is 491. The smallest absolute Gasteiger partial charge is 0.338 e. The number of phenolic OH excluding ortho intramolecular Hbond substituents is 1. The van der Waals surface area contributed by atoms with Gasteiger partial charge in [0.2, 0.25) is 0 Å². The van der Waals surface area contributed by atoms with Crippen molar-refractivity contribution < 1.29 is 28.9 Å². The van der Waals surface area contributed by atoms with Crippen LogP contribution in [0.15, 0.2) is 36.4 Å². The van der Waals surface area contributed by atoms with E-state index in [1.54, 1.807) is 6.92 Å². The Morgan fingerprint density at radius 2 is 1.62 bits per heavy atom. The fourth-order valence-electron chi connectivity index (χ4n) is 1.29. The van der Waals surface area contributed by atoms with E-state index in [2.05, 4.69) is 6.58 Å². The molecule has 0 bridgehead atoms. The van der Waals surface area contributed by atoms with Gasteiger partial charge in [0.15, 0.2) is 0 Å². The van der Waals surface area contributed by atoms with Crippen LogP contribution in [-0.4, -0.2) is 43.5 Å². The van der Waals surface area contributed by atoms with Crippen molar-refractivity contribution in [2.24, 2.45) is 0 Å². The summed E-state index contributed by atoms with van der Waals surface area (Å²) in [6, 6.07) is 5.75. The third kappa shape index (κ3) is 6.58. The molecule has 0 fully saturated rings. The van der Waals surface area contributed by atoms with Crippen molar-refractivity contribution in [1.82, 2.24) is 0 Å². The SMILES string of the molecule is C=C(C)C(=O)OCCOCCOC(=O)c1ccc(O)cc1. The summed E-state index contributed by atoms with van der Waals surface area (Å²) in [5.41, 5.74) is 0.681. The van der Waals surface area contributed by atoms with Gasteiger partial charge in [-0.2, -0.15) is 0 Å². The number of ether oxygens (including phenoxy) is 3. The van der Waals surface area contributed by atoms with Gasteiger partial charge in [0.1, 0.15) is 19.0 Å². The third-order valence-corrected chi connectivity index (χ3v) is 2.37. The summed E-state index contributed by atoms with van der Waals surface area (Å²) in [4.78, 5) is 22.6. The Balaban J connectivity index is 2.09. The number of hydrogen-bond acceptors (Lipinski definition) is 6. The minimum absolute atomic E-state index is 0.0826. The van der Waals surface area contributed by atoms with Crippen LogP contribution in [0.25, 0.3) is 0 Å². The molecule has 6 nitrogen and oxygen atoms in total. The first-order valence-corrected chi connectivity index (χ1v) is 6.37. The largest absolute Gasteiger partial charge is 0.508 e. The van der Waals surface area contributed by atoms with E-state index in [1.807, 2.05) is 0 Å². The molecule has 0 unspecified atom stereocenters. The van der Waals surface area contributed by atoms with Gasteiger partial charge >= 0.3 is 11.9 Å². The summed E-state index contributed by atoms with van der Waals surface area (Å²) in [5, 5.41) is 9.09. The van der Waals surface area contributed by atoms with Crippen molar-refractivity contribution in [3.05, 3.63) is 42.0 Å². The molecule has 1 aromatic rings. The molecule has 0 saturated heterocycles. The molecule has 0 atom stereocenters. The van der Waals surface area contributed by atoms with Crippen LogP contribution in [0.1, 0.15) is 17.3 Å². The average Bonchev–Trinajstić information content (AvgIpc) is 2.46. The number of phenols is 1. The molecule has 1 aromatic carbocycles. The number of carbonyl (C=O) groups is 2. The zero-order valence-electron chi connectivity index (χ0n) is 11.8. The van der Waals surface area contributed by atoms with E-state index in [9.17, 15) is 9.59 Å². The van der Waals surface area contributed by atoms with Gasteiger partial charge in [-0.3, -0.25) is 0 Å². The van der Waals surface area contributed by atoms with Crippen molar-refractivity contribution in [1.29, 1.82) is 0 Å². The Morgan fingerprint density at radius 3 is 2.19 bits per heavy atom. The van der Waals surface area contributed by atoms with Gasteiger partial charge in [0, 0.05) is 5.57 Å². The first-order chi connectivity index (χ1) is 10.0. The van der Waals surface area contributed by atoms with E-state index in [0.29, 0.717) is 11.1 Å². The molecule has 0 spiro atoms. The number of benzene rings is 1. The van der Waals surface area contributed by atoms with Gasteiger partial charge in [-0.15, -0.1) is 0 Å². The number of carbonyl (C=O) groups excluding carboxylic acids is 2. The standard InChI is InChI=1S/C15H18O6/c1-11(2)14(17)20-9-7-19-8-10-21-15(18)12-3-5-13(16)6-4-12/h3-6,16H,1,7-10H2,2H3. The van der Waals surface area contributed by atoms with Gasteiger partial charge in [0.05, 0.1) is 18.8 Å². The van der Waals surface area contributed by atoms with E-state index >= 15 is 0 Å². The van der Waals surface area contributed by atoms with Crippen LogP contribution >= 0.6 is 0 Å². The highest BCUT2D eigenvalue weighted by atomic mass is 16.6. The van der Waals surface area contributed by atoms with Crippen LogP contribution in [0.2, 0.25) is 0 Å². The molecule has 1 rings (SSSR count). The summed E-state index contributed by atoms with van der Waals surface area (Å²) < 4.78 is 14.9. The average molecular weight is 294 g/mol. The second-order valence-electron chi connectivity index (χ2n) is 4.21. The first kappa shape index (κ1) is 16.7. The van der Waals surface area contributed by atoms with Crippen molar-refractivity contribution in [2.45, 2.75) is 6.92 Å². The minimum atomic E-state index is -0.493. The quantitative estimate of drug-likeness (QED) is 0.446. The molecule has 0 aliphatic heterocycles. The Labute approximate surface area is 122 Å². The van der Waals surface area contributed by atoms with E-state index in [-0.39, 0.29) is 32.2 Å². The monoisotopic (exact) mass is 294 g/mol. The number of rotatable bonds is 8. The maximum atomic E-state index is 11.6. The topological polar surface area (TPSA) is 82.1 Å². The molecule has 0 radical (unpaired) electrons. The van der Waals surface area contributed by atoms with Crippen LogP contribution in [0, 0.1) is 0 Å². The van der Waals surface area contributed by atoms with Gasteiger partial charge < -0.3 is 19.3 Å². The summed E-state index contributed by atoms with van der Waals surface area (Å²) in [5.74, 6) is -0.871. The maximum absolute atomic E-state index is 11.6. The molecular formula is C15H18O6. The predicted molar refractivity (Wildman–Crippen MR) is 75.0 cm³/mol. The van der Waals surface area contributed by atoms with E-state index in [4.69, 9.17) is 19.3 Å².